The standard InChI is InChI=1S/C29H37NO4/c1-21(2)30(22(3)4)18-16-26(24-13-9-6-10-14-24)27-19-25(28(31)32)15-17-29(27,33)34-20-23-11-7-5-8-12-23/h5-15,17,19,21-22,26-27,33H,16,18,20H2,1-4H3,(H,31,32)/t26?,27-,29?/m1/s1. The molecule has 0 aromatic heterocycles. The van der Waals surface area contributed by atoms with Crippen LogP contribution in [0.4, 0.5) is 0 Å². The van der Waals surface area contributed by atoms with Crippen LogP contribution in [-0.2, 0) is 16.1 Å². The molecule has 2 unspecified atom stereocenters. The summed E-state index contributed by atoms with van der Waals surface area (Å²) >= 11 is 0. The Morgan fingerprint density at radius 3 is 2.15 bits per heavy atom. The van der Waals surface area contributed by atoms with Crippen LogP contribution in [0.15, 0.2) is 84.5 Å². The van der Waals surface area contributed by atoms with Gasteiger partial charge >= 0.3 is 5.97 Å². The molecule has 0 aliphatic heterocycles. The first-order valence-electron chi connectivity index (χ1n) is 12.1. The minimum Gasteiger partial charge on any atom is -0.478 e. The molecule has 2 aromatic rings. The van der Waals surface area contributed by atoms with Crippen LogP contribution in [0.3, 0.4) is 0 Å². The minimum absolute atomic E-state index is 0.138. The molecule has 1 aliphatic carbocycles. The first-order chi connectivity index (χ1) is 16.2. The van der Waals surface area contributed by atoms with Gasteiger partial charge in [-0.25, -0.2) is 4.79 Å². The van der Waals surface area contributed by atoms with Gasteiger partial charge in [0.2, 0.25) is 0 Å². The van der Waals surface area contributed by atoms with Crippen molar-refractivity contribution in [1.82, 2.24) is 4.90 Å². The van der Waals surface area contributed by atoms with Crippen molar-refractivity contribution in [3.8, 4) is 0 Å². The predicted octanol–water partition coefficient (Wildman–Crippen LogP) is 5.38. The van der Waals surface area contributed by atoms with Crippen molar-refractivity contribution in [2.24, 2.45) is 5.92 Å². The second-order valence-corrected chi connectivity index (χ2v) is 9.54. The van der Waals surface area contributed by atoms with Crippen LogP contribution in [0.2, 0.25) is 0 Å². The molecule has 0 radical (unpaired) electrons. The first kappa shape index (κ1) is 25.9. The Balaban J connectivity index is 1.97. The average molecular weight is 464 g/mol. The molecule has 2 N–H and O–H groups in total. The van der Waals surface area contributed by atoms with E-state index in [1.807, 2.05) is 60.7 Å². The number of ether oxygens (including phenoxy) is 1. The number of benzene rings is 2. The highest BCUT2D eigenvalue weighted by Crippen LogP contribution is 2.42. The van der Waals surface area contributed by atoms with Crippen molar-refractivity contribution in [1.29, 1.82) is 0 Å². The topological polar surface area (TPSA) is 70.0 Å². The third-order valence-electron chi connectivity index (χ3n) is 6.58. The third-order valence-corrected chi connectivity index (χ3v) is 6.58. The molecule has 0 heterocycles. The second-order valence-electron chi connectivity index (χ2n) is 9.54. The molecule has 2 aromatic carbocycles. The monoisotopic (exact) mass is 463 g/mol. The summed E-state index contributed by atoms with van der Waals surface area (Å²) in [7, 11) is 0. The minimum atomic E-state index is -1.63. The maximum absolute atomic E-state index is 11.8. The largest absolute Gasteiger partial charge is 0.478 e. The summed E-state index contributed by atoms with van der Waals surface area (Å²) in [6, 6.07) is 20.5. The van der Waals surface area contributed by atoms with E-state index in [1.54, 1.807) is 6.08 Å². The molecule has 3 rings (SSSR count). The lowest BCUT2D eigenvalue weighted by atomic mass is 9.75. The SMILES string of the molecule is CC(C)N(CCC(c1ccccc1)[C@H]1C=C(C(=O)O)C=CC1(O)OCc1ccccc1)C(C)C. The number of nitrogens with zero attached hydrogens (tertiary/aromatic N) is 1. The zero-order valence-electron chi connectivity index (χ0n) is 20.6. The number of carbonyl (C=O) groups is 1. The highest BCUT2D eigenvalue weighted by molar-refractivity contribution is 5.90. The van der Waals surface area contributed by atoms with Crippen molar-refractivity contribution in [2.45, 2.75) is 64.5 Å². The summed E-state index contributed by atoms with van der Waals surface area (Å²) in [5.74, 6) is -3.34. The van der Waals surface area contributed by atoms with Gasteiger partial charge in [-0.15, -0.1) is 0 Å². The van der Waals surface area contributed by atoms with Crippen molar-refractivity contribution in [3.63, 3.8) is 0 Å². The maximum atomic E-state index is 11.8. The van der Waals surface area contributed by atoms with Gasteiger partial charge in [-0.2, -0.15) is 0 Å². The lowest BCUT2D eigenvalue weighted by molar-refractivity contribution is -0.204. The van der Waals surface area contributed by atoms with Crippen LogP contribution in [0.25, 0.3) is 0 Å². The zero-order valence-corrected chi connectivity index (χ0v) is 20.6. The number of carboxylic acid groups (broad SMARTS) is 1. The average Bonchev–Trinajstić information content (AvgIpc) is 2.82. The molecule has 182 valence electrons. The molecule has 0 fully saturated rings. The molecule has 0 saturated carbocycles. The summed E-state index contributed by atoms with van der Waals surface area (Å²) in [5, 5.41) is 21.4. The van der Waals surface area contributed by atoms with E-state index in [-0.39, 0.29) is 18.1 Å². The van der Waals surface area contributed by atoms with Crippen LogP contribution in [-0.4, -0.2) is 45.5 Å². The van der Waals surface area contributed by atoms with E-state index in [9.17, 15) is 15.0 Å². The number of hydrogen-bond donors (Lipinski definition) is 2. The lowest BCUT2D eigenvalue weighted by Gasteiger charge is -2.40. The van der Waals surface area contributed by atoms with E-state index in [0.29, 0.717) is 12.1 Å². The molecule has 1 aliphatic rings. The fraction of sp³-hybridized carbons (Fsp3) is 0.414. The Morgan fingerprint density at radius 2 is 1.59 bits per heavy atom. The molecule has 0 saturated heterocycles. The first-order valence-corrected chi connectivity index (χ1v) is 12.1. The Kier molecular flexibility index (Phi) is 8.84. The van der Waals surface area contributed by atoms with Crippen LogP contribution >= 0.6 is 0 Å². The predicted molar refractivity (Wildman–Crippen MR) is 135 cm³/mol. The van der Waals surface area contributed by atoms with E-state index in [2.05, 4.69) is 32.6 Å². The molecule has 5 nitrogen and oxygen atoms in total. The van der Waals surface area contributed by atoms with Gasteiger partial charge in [0.25, 0.3) is 0 Å². The van der Waals surface area contributed by atoms with Gasteiger partial charge in [-0.05, 0) is 69.9 Å². The van der Waals surface area contributed by atoms with Gasteiger partial charge in [-0.1, -0.05) is 66.7 Å². The van der Waals surface area contributed by atoms with E-state index < -0.39 is 17.7 Å². The van der Waals surface area contributed by atoms with Gasteiger partial charge < -0.3 is 14.9 Å². The highest BCUT2D eigenvalue weighted by Gasteiger charge is 2.43. The summed E-state index contributed by atoms with van der Waals surface area (Å²) in [4.78, 5) is 14.3. The molecule has 0 bridgehead atoms. The van der Waals surface area contributed by atoms with Crippen molar-refractivity contribution in [3.05, 3.63) is 95.6 Å². The van der Waals surface area contributed by atoms with E-state index in [4.69, 9.17) is 4.74 Å². The number of aliphatic carboxylic acids is 1. The van der Waals surface area contributed by atoms with Crippen LogP contribution in [0.1, 0.15) is 51.2 Å². The van der Waals surface area contributed by atoms with Crippen LogP contribution in [0, 0.1) is 5.92 Å². The zero-order chi connectivity index (χ0) is 24.7. The molecule has 0 spiro atoms. The molecular formula is C29H37NO4. The Labute approximate surface area is 203 Å². The van der Waals surface area contributed by atoms with Gasteiger partial charge in [0.1, 0.15) is 0 Å². The van der Waals surface area contributed by atoms with Gasteiger partial charge in [-0.3, -0.25) is 4.90 Å². The number of rotatable bonds is 11. The molecule has 5 heteroatoms. The smallest absolute Gasteiger partial charge is 0.335 e. The van der Waals surface area contributed by atoms with Crippen molar-refractivity contribution < 1.29 is 19.7 Å². The van der Waals surface area contributed by atoms with E-state index >= 15 is 0 Å². The lowest BCUT2D eigenvalue weighted by Crippen LogP contribution is -2.44. The molecule has 0 amide bonds. The fourth-order valence-electron chi connectivity index (χ4n) is 4.81. The van der Waals surface area contributed by atoms with Gasteiger partial charge in [0.05, 0.1) is 12.2 Å². The van der Waals surface area contributed by atoms with Crippen molar-refractivity contribution in [2.75, 3.05) is 6.54 Å². The quantitative estimate of drug-likeness (QED) is 0.438. The fourth-order valence-corrected chi connectivity index (χ4v) is 4.81. The Bertz CT molecular complexity index is 976. The maximum Gasteiger partial charge on any atom is 0.335 e. The summed E-state index contributed by atoms with van der Waals surface area (Å²) in [5.41, 5.74) is 2.17. The van der Waals surface area contributed by atoms with Gasteiger partial charge in [0.15, 0.2) is 5.79 Å². The van der Waals surface area contributed by atoms with Gasteiger partial charge in [0, 0.05) is 18.0 Å². The highest BCUT2D eigenvalue weighted by atomic mass is 16.6. The summed E-state index contributed by atoms with van der Waals surface area (Å²) < 4.78 is 6.12. The molecule has 34 heavy (non-hydrogen) atoms. The number of carboxylic acids is 1. The van der Waals surface area contributed by atoms with E-state index in [0.717, 1.165) is 24.1 Å². The second kappa shape index (κ2) is 11.6. The Hall–Kier alpha value is -2.73. The van der Waals surface area contributed by atoms with E-state index in [1.165, 1.54) is 12.2 Å². The number of hydrogen-bond acceptors (Lipinski definition) is 4. The summed E-state index contributed by atoms with van der Waals surface area (Å²) in [6.07, 6.45) is 5.36. The van der Waals surface area contributed by atoms with Crippen molar-refractivity contribution >= 4 is 5.97 Å². The molecular weight excluding hydrogens is 426 g/mol. The number of aliphatic hydroxyl groups is 1. The van der Waals surface area contributed by atoms with Crippen LogP contribution < -0.4 is 0 Å². The third kappa shape index (κ3) is 6.44. The molecule has 3 atom stereocenters. The normalized spacial score (nSPS) is 21.2. The van der Waals surface area contributed by atoms with Crippen LogP contribution in [0.5, 0.6) is 0 Å². The Morgan fingerprint density at radius 1 is 1.00 bits per heavy atom. The summed E-state index contributed by atoms with van der Waals surface area (Å²) in [6.45, 7) is 9.77.